The van der Waals surface area contributed by atoms with E-state index in [1.165, 1.54) is 31.2 Å². The van der Waals surface area contributed by atoms with E-state index in [0.29, 0.717) is 13.1 Å². The van der Waals surface area contributed by atoms with Gasteiger partial charge in [0, 0.05) is 52.4 Å². The Hall–Kier alpha value is -2.35. The maximum absolute atomic E-state index is 4.59. The van der Waals surface area contributed by atoms with Gasteiger partial charge >= 0.3 is 0 Å². The lowest BCUT2D eigenvalue weighted by Crippen LogP contribution is -2.36. The quantitative estimate of drug-likeness (QED) is 0.573. The number of thiazole rings is 1. The zero-order valence-corrected chi connectivity index (χ0v) is 17.9. The third-order valence-corrected chi connectivity index (χ3v) is 5.84. The highest BCUT2D eigenvalue weighted by Crippen LogP contribution is 2.19. The number of guanidine groups is 1. The van der Waals surface area contributed by atoms with E-state index in [2.05, 4.69) is 48.0 Å². The van der Waals surface area contributed by atoms with Crippen molar-refractivity contribution in [2.75, 3.05) is 44.0 Å². The van der Waals surface area contributed by atoms with E-state index in [9.17, 15) is 0 Å². The van der Waals surface area contributed by atoms with Gasteiger partial charge in [-0.3, -0.25) is 4.99 Å². The van der Waals surface area contributed by atoms with Crippen molar-refractivity contribution in [3.05, 3.63) is 35.0 Å². The van der Waals surface area contributed by atoms with Crippen molar-refractivity contribution in [1.82, 2.24) is 20.6 Å². The molecule has 2 N–H and O–H groups in total. The second-order valence-corrected chi connectivity index (χ2v) is 8.06. The summed E-state index contributed by atoms with van der Waals surface area (Å²) < 4.78 is 0. The Morgan fingerprint density at radius 1 is 1.18 bits per heavy atom. The summed E-state index contributed by atoms with van der Waals surface area (Å²) in [6, 6.07) is 4.25. The predicted octanol–water partition coefficient (Wildman–Crippen LogP) is 2.85. The van der Waals surface area contributed by atoms with Crippen LogP contribution >= 0.6 is 11.3 Å². The summed E-state index contributed by atoms with van der Waals surface area (Å²) in [5, 5.41) is 9.81. The van der Waals surface area contributed by atoms with Crippen LogP contribution in [0.4, 0.5) is 10.9 Å². The van der Waals surface area contributed by atoms with Gasteiger partial charge in [-0.05, 0) is 30.5 Å². The Morgan fingerprint density at radius 3 is 2.61 bits per heavy atom. The van der Waals surface area contributed by atoms with Crippen LogP contribution in [0.5, 0.6) is 0 Å². The maximum atomic E-state index is 4.59. The van der Waals surface area contributed by atoms with Gasteiger partial charge < -0.3 is 20.4 Å². The monoisotopic (exact) mass is 401 g/mol. The molecule has 0 aromatic carbocycles. The molecule has 0 amide bonds. The topological polar surface area (TPSA) is 68.7 Å². The van der Waals surface area contributed by atoms with Crippen molar-refractivity contribution >= 4 is 28.2 Å². The van der Waals surface area contributed by atoms with Gasteiger partial charge in [0.25, 0.3) is 0 Å². The van der Waals surface area contributed by atoms with Gasteiger partial charge in [0.05, 0.1) is 12.2 Å². The van der Waals surface area contributed by atoms with Crippen molar-refractivity contribution in [2.45, 2.75) is 38.8 Å². The van der Waals surface area contributed by atoms with Crippen molar-refractivity contribution in [1.29, 1.82) is 0 Å². The number of aliphatic imine (C=N–C) groups is 1. The summed E-state index contributed by atoms with van der Waals surface area (Å²) in [5.74, 6) is 1.86. The third-order valence-electron chi connectivity index (χ3n) is 4.78. The normalized spacial score (nSPS) is 15.2. The summed E-state index contributed by atoms with van der Waals surface area (Å²) in [5.41, 5.74) is 2.23. The molecule has 1 aliphatic heterocycles. The van der Waals surface area contributed by atoms with Crippen LogP contribution in [-0.4, -0.2) is 50.2 Å². The van der Waals surface area contributed by atoms with Crippen LogP contribution in [0.15, 0.2) is 28.7 Å². The average Bonchev–Trinajstić information content (AvgIpc) is 3.02. The molecule has 1 aliphatic rings. The van der Waals surface area contributed by atoms with Crippen LogP contribution in [0.1, 0.15) is 36.9 Å². The molecule has 2 aromatic heterocycles. The van der Waals surface area contributed by atoms with E-state index >= 15 is 0 Å². The lowest BCUT2D eigenvalue weighted by molar-refractivity contribution is 0.726. The Bertz CT molecular complexity index is 763. The summed E-state index contributed by atoms with van der Waals surface area (Å²) in [7, 11) is 5.80. The summed E-state index contributed by atoms with van der Waals surface area (Å²) in [6.45, 7) is 3.58. The molecule has 0 atom stereocenters. The number of nitrogens with one attached hydrogen (secondary N) is 2. The number of rotatable bonds is 6. The number of pyridine rings is 1. The fraction of sp³-hybridized carbons (Fsp3) is 0.550. The number of hydrogen-bond donors (Lipinski definition) is 2. The first-order chi connectivity index (χ1) is 13.7. The Balaban J connectivity index is 1.52. The highest BCUT2D eigenvalue weighted by molar-refractivity contribution is 7.13. The van der Waals surface area contributed by atoms with Crippen LogP contribution in [0, 0.1) is 0 Å². The molecule has 152 valence electrons. The smallest absolute Gasteiger partial charge is 0.191 e. The molecule has 0 unspecified atom stereocenters. The highest BCUT2D eigenvalue weighted by Gasteiger charge is 2.11. The average molecular weight is 402 g/mol. The van der Waals surface area contributed by atoms with E-state index in [4.69, 9.17) is 0 Å². The van der Waals surface area contributed by atoms with Crippen molar-refractivity contribution in [2.24, 2.45) is 4.99 Å². The zero-order chi connectivity index (χ0) is 19.8. The van der Waals surface area contributed by atoms with Crippen LogP contribution in [-0.2, 0) is 13.1 Å². The minimum atomic E-state index is 0.652. The Kier molecular flexibility index (Phi) is 7.47. The van der Waals surface area contributed by atoms with Crippen molar-refractivity contribution in [3.63, 3.8) is 0 Å². The van der Waals surface area contributed by atoms with Gasteiger partial charge in [-0.15, -0.1) is 11.3 Å². The van der Waals surface area contributed by atoms with Crippen molar-refractivity contribution in [3.8, 4) is 0 Å². The minimum Gasteiger partial charge on any atom is -0.357 e. The summed E-state index contributed by atoms with van der Waals surface area (Å²) in [6.07, 6.45) is 7.08. The van der Waals surface area contributed by atoms with Gasteiger partial charge in [0.2, 0.25) is 0 Å². The Morgan fingerprint density at radius 2 is 1.93 bits per heavy atom. The van der Waals surface area contributed by atoms with Crippen LogP contribution in [0.3, 0.4) is 0 Å². The molecule has 0 radical (unpaired) electrons. The van der Waals surface area contributed by atoms with E-state index in [0.717, 1.165) is 35.7 Å². The molecule has 0 saturated carbocycles. The van der Waals surface area contributed by atoms with E-state index in [1.807, 2.05) is 25.2 Å². The lowest BCUT2D eigenvalue weighted by Gasteiger charge is -2.22. The van der Waals surface area contributed by atoms with Crippen LogP contribution in [0.25, 0.3) is 0 Å². The molecule has 3 heterocycles. The second kappa shape index (κ2) is 10.3. The van der Waals surface area contributed by atoms with Gasteiger partial charge in [-0.2, -0.15) is 0 Å². The van der Waals surface area contributed by atoms with Gasteiger partial charge in [0.1, 0.15) is 5.82 Å². The number of hydrogen-bond acceptors (Lipinski definition) is 6. The molecule has 0 spiro atoms. The van der Waals surface area contributed by atoms with Gasteiger partial charge in [-0.1, -0.05) is 12.8 Å². The summed E-state index contributed by atoms with van der Waals surface area (Å²) >= 11 is 1.65. The predicted molar refractivity (Wildman–Crippen MR) is 118 cm³/mol. The molecule has 1 saturated heterocycles. The molecule has 2 aromatic rings. The first-order valence-corrected chi connectivity index (χ1v) is 10.8. The molecular weight excluding hydrogens is 370 g/mol. The highest BCUT2D eigenvalue weighted by atomic mass is 32.1. The number of anilines is 2. The standard InChI is InChI=1S/C20H31N7S/c1-21-19(24-14-17-15-28-20(25-17)26(2)3)23-13-16-8-9-22-18(12-16)27-10-6-4-5-7-11-27/h8-9,12,15H,4-7,10-11,13-14H2,1-3H3,(H2,21,23,24). The molecule has 1 fully saturated rings. The second-order valence-electron chi connectivity index (χ2n) is 7.22. The van der Waals surface area contributed by atoms with Gasteiger partial charge in [-0.25, -0.2) is 9.97 Å². The molecular formula is C20H31N7S. The first-order valence-electron chi connectivity index (χ1n) is 9.92. The minimum absolute atomic E-state index is 0.652. The number of aromatic nitrogens is 2. The molecule has 8 heteroatoms. The maximum Gasteiger partial charge on any atom is 0.191 e. The largest absolute Gasteiger partial charge is 0.357 e. The lowest BCUT2D eigenvalue weighted by atomic mass is 10.2. The SMILES string of the molecule is CN=C(NCc1ccnc(N2CCCCCC2)c1)NCc1csc(N(C)C)n1. The molecule has 0 aliphatic carbocycles. The number of nitrogens with zero attached hydrogens (tertiary/aromatic N) is 5. The summed E-state index contributed by atoms with van der Waals surface area (Å²) in [4.78, 5) is 17.9. The third kappa shape index (κ3) is 5.82. The molecule has 3 rings (SSSR count). The van der Waals surface area contributed by atoms with Crippen molar-refractivity contribution < 1.29 is 0 Å². The van der Waals surface area contributed by atoms with E-state index in [-0.39, 0.29) is 0 Å². The molecule has 28 heavy (non-hydrogen) atoms. The van der Waals surface area contributed by atoms with Gasteiger partial charge in [0.15, 0.2) is 11.1 Å². The fourth-order valence-corrected chi connectivity index (χ4v) is 3.97. The zero-order valence-electron chi connectivity index (χ0n) is 17.1. The molecule has 0 bridgehead atoms. The molecule has 7 nitrogen and oxygen atoms in total. The van der Waals surface area contributed by atoms with E-state index in [1.54, 1.807) is 18.4 Å². The fourth-order valence-electron chi connectivity index (χ4n) is 3.21. The Labute approximate surface area is 171 Å². The van der Waals surface area contributed by atoms with Crippen LogP contribution in [0.2, 0.25) is 0 Å². The van der Waals surface area contributed by atoms with E-state index < -0.39 is 0 Å². The first kappa shape index (κ1) is 20.4. The van der Waals surface area contributed by atoms with Crippen LogP contribution < -0.4 is 20.4 Å².